The van der Waals surface area contributed by atoms with E-state index in [1.165, 1.54) is 11.3 Å². The number of hydrogen-bond donors (Lipinski definition) is 1. The molecule has 9 heteroatoms. The van der Waals surface area contributed by atoms with Crippen molar-refractivity contribution < 1.29 is 9.53 Å². The van der Waals surface area contributed by atoms with Crippen molar-refractivity contribution in [3.05, 3.63) is 59.2 Å². The van der Waals surface area contributed by atoms with E-state index in [4.69, 9.17) is 10.5 Å². The standard InChI is InChI=1S/C21H20N6O2S/c1-27(10-8-13-6-7-16(29-2)24-11-13)21(28)14-12-30-20-17(14)18(22)25-19(26-20)15-5-3-4-9-23-15/h3-7,9,11-12H,8,10H2,1-2H3,(H2,22,25,26). The molecule has 0 saturated carbocycles. The quantitative estimate of drug-likeness (QED) is 0.511. The van der Waals surface area contributed by atoms with E-state index in [0.29, 0.717) is 46.1 Å². The zero-order valence-electron chi connectivity index (χ0n) is 16.6. The lowest BCUT2D eigenvalue weighted by Crippen LogP contribution is -2.28. The van der Waals surface area contributed by atoms with E-state index in [-0.39, 0.29) is 11.7 Å². The van der Waals surface area contributed by atoms with Crippen LogP contribution >= 0.6 is 11.3 Å². The molecule has 4 aromatic heterocycles. The molecule has 0 radical (unpaired) electrons. The normalized spacial score (nSPS) is 10.9. The predicted octanol–water partition coefficient (Wildman–Crippen LogP) is 3.05. The highest BCUT2D eigenvalue weighted by atomic mass is 32.1. The van der Waals surface area contributed by atoms with Gasteiger partial charge in [0, 0.05) is 37.4 Å². The minimum absolute atomic E-state index is 0.122. The molecule has 0 spiro atoms. The molecule has 0 atom stereocenters. The molecular weight excluding hydrogens is 400 g/mol. The summed E-state index contributed by atoms with van der Waals surface area (Å²) in [5.41, 5.74) is 8.37. The van der Waals surface area contributed by atoms with Gasteiger partial charge in [0.05, 0.1) is 18.1 Å². The molecule has 30 heavy (non-hydrogen) atoms. The van der Waals surface area contributed by atoms with E-state index < -0.39 is 0 Å². The van der Waals surface area contributed by atoms with Crippen LogP contribution in [0.2, 0.25) is 0 Å². The molecule has 0 aromatic carbocycles. The molecule has 1 amide bonds. The molecular formula is C21H20N6O2S. The van der Waals surface area contributed by atoms with E-state index in [1.54, 1.807) is 42.9 Å². The van der Waals surface area contributed by atoms with Crippen molar-refractivity contribution in [3.8, 4) is 17.4 Å². The van der Waals surface area contributed by atoms with Crippen molar-refractivity contribution in [3.63, 3.8) is 0 Å². The van der Waals surface area contributed by atoms with E-state index in [9.17, 15) is 4.79 Å². The van der Waals surface area contributed by atoms with Crippen LogP contribution in [0.4, 0.5) is 5.82 Å². The summed E-state index contributed by atoms with van der Waals surface area (Å²) < 4.78 is 5.07. The van der Waals surface area contributed by atoms with Gasteiger partial charge in [-0.25, -0.2) is 15.0 Å². The topological polar surface area (TPSA) is 107 Å². The minimum atomic E-state index is -0.122. The number of nitrogens with two attached hydrogens (primary N) is 1. The fourth-order valence-corrected chi connectivity index (χ4v) is 3.94. The lowest BCUT2D eigenvalue weighted by Gasteiger charge is -2.17. The van der Waals surface area contributed by atoms with E-state index in [0.717, 1.165) is 5.56 Å². The number of nitrogen functional groups attached to an aromatic ring is 1. The Kier molecular flexibility index (Phi) is 5.53. The number of anilines is 1. The zero-order valence-corrected chi connectivity index (χ0v) is 17.4. The maximum absolute atomic E-state index is 13.0. The Bertz CT molecular complexity index is 1180. The molecule has 8 nitrogen and oxygen atoms in total. The second kappa shape index (κ2) is 8.42. The number of rotatable bonds is 6. The van der Waals surface area contributed by atoms with Crippen LogP contribution in [0.1, 0.15) is 15.9 Å². The third kappa shape index (κ3) is 3.92. The van der Waals surface area contributed by atoms with E-state index in [1.807, 2.05) is 24.3 Å². The molecule has 152 valence electrons. The first-order chi connectivity index (χ1) is 14.6. The molecule has 0 aliphatic heterocycles. The van der Waals surface area contributed by atoms with Gasteiger partial charge in [0.1, 0.15) is 16.3 Å². The van der Waals surface area contributed by atoms with Crippen molar-refractivity contribution in [1.82, 2.24) is 24.8 Å². The van der Waals surface area contributed by atoms with Crippen molar-refractivity contribution in [1.29, 1.82) is 0 Å². The van der Waals surface area contributed by atoms with Gasteiger partial charge in [-0.05, 0) is 24.1 Å². The van der Waals surface area contributed by atoms with E-state index >= 15 is 0 Å². The van der Waals surface area contributed by atoms with Gasteiger partial charge in [-0.1, -0.05) is 12.1 Å². The predicted molar refractivity (Wildman–Crippen MR) is 117 cm³/mol. The first-order valence-corrected chi connectivity index (χ1v) is 10.2. The number of fused-ring (bicyclic) bond motifs is 1. The largest absolute Gasteiger partial charge is 0.481 e. The Morgan fingerprint density at radius 1 is 1.20 bits per heavy atom. The number of methoxy groups -OCH3 is 1. The maximum atomic E-state index is 13.0. The average Bonchev–Trinajstić information content (AvgIpc) is 3.22. The minimum Gasteiger partial charge on any atom is -0.481 e. The number of nitrogens with zero attached hydrogens (tertiary/aromatic N) is 5. The summed E-state index contributed by atoms with van der Waals surface area (Å²) in [5.74, 6) is 1.16. The van der Waals surface area contributed by atoms with Crippen LogP contribution < -0.4 is 10.5 Å². The molecule has 0 aliphatic rings. The first kappa shape index (κ1) is 19.7. The number of amides is 1. The maximum Gasteiger partial charge on any atom is 0.255 e. The highest BCUT2D eigenvalue weighted by molar-refractivity contribution is 7.17. The van der Waals surface area contributed by atoms with Crippen LogP contribution in [0, 0.1) is 0 Å². The van der Waals surface area contributed by atoms with Crippen LogP contribution in [0.25, 0.3) is 21.7 Å². The zero-order chi connectivity index (χ0) is 21.1. The van der Waals surface area contributed by atoms with Crippen LogP contribution in [-0.2, 0) is 6.42 Å². The second-order valence-corrected chi connectivity index (χ2v) is 7.52. The van der Waals surface area contributed by atoms with E-state index in [2.05, 4.69) is 19.9 Å². The van der Waals surface area contributed by atoms with Crippen molar-refractivity contribution in [2.45, 2.75) is 6.42 Å². The fourth-order valence-electron chi connectivity index (χ4n) is 3.02. The molecule has 4 aromatic rings. The molecule has 2 N–H and O–H groups in total. The molecule has 0 saturated heterocycles. The first-order valence-electron chi connectivity index (χ1n) is 9.27. The van der Waals surface area contributed by atoms with Gasteiger partial charge in [0.25, 0.3) is 5.91 Å². The summed E-state index contributed by atoms with van der Waals surface area (Å²) in [4.78, 5) is 32.7. The SMILES string of the molecule is COc1ccc(CCN(C)C(=O)c2csc3nc(-c4ccccn4)nc(N)c23)cn1. The van der Waals surface area contributed by atoms with Gasteiger partial charge in [0.2, 0.25) is 5.88 Å². The number of hydrogen-bond acceptors (Lipinski definition) is 8. The van der Waals surface area contributed by atoms with Gasteiger partial charge in [-0.3, -0.25) is 9.78 Å². The number of aromatic nitrogens is 4. The summed E-state index contributed by atoms with van der Waals surface area (Å²) in [7, 11) is 3.34. The number of ether oxygens (including phenoxy) is 1. The highest BCUT2D eigenvalue weighted by Gasteiger charge is 2.21. The fraction of sp³-hybridized carbons (Fsp3) is 0.190. The second-order valence-electron chi connectivity index (χ2n) is 6.66. The van der Waals surface area contributed by atoms with Gasteiger partial charge in [0.15, 0.2) is 5.82 Å². The summed E-state index contributed by atoms with van der Waals surface area (Å²) >= 11 is 1.37. The average molecular weight is 420 g/mol. The number of pyridine rings is 2. The molecule has 4 heterocycles. The Labute approximate surface area is 177 Å². The van der Waals surface area contributed by atoms with Crippen molar-refractivity contribution >= 4 is 33.3 Å². The third-order valence-electron chi connectivity index (χ3n) is 4.68. The molecule has 0 bridgehead atoms. The summed E-state index contributed by atoms with van der Waals surface area (Å²) in [6.07, 6.45) is 4.11. The van der Waals surface area contributed by atoms with Crippen LogP contribution in [0.3, 0.4) is 0 Å². The number of likely N-dealkylation sites (N-methyl/N-ethyl adjacent to an activating group) is 1. The van der Waals surface area contributed by atoms with Gasteiger partial charge in [-0.15, -0.1) is 11.3 Å². The molecule has 0 aliphatic carbocycles. The Morgan fingerprint density at radius 2 is 2.07 bits per heavy atom. The molecule has 4 rings (SSSR count). The summed E-state index contributed by atoms with van der Waals surface area (Å²) in [6.45, 7) is 0.539. The number of carbonyl (C=O) groups excluding carboxylic acids is 1. The lowest BCUT2D eigenvalue weighted by atomic mass is 10.1. The van der Waals surface area contributed by atoms with Gasteiger partial charge >= 0.3 is 0 Å². The lowest BCUT2D eigenvalue weighted by molar-refractivity contribution is 0.0799. The smallest absolute Gasteiger partial charge is 0.255 e. The third-order valence-corrected chi connectivity index (χ3v) is 5.55. The van der Waals surface area contributed by atoms with Gasteiger partial charge in [-0.2, -0.15) is 0 Å². The van der Waals surface area contributed by atoms with Crippen LogP contribution in [0.5, 0.6) is 5.88 Å². The number of thiophene rings is 1. The highest BCUT2D eigenvalue weighted by Crippen LogP contribution is 2.31. The van der Waals surface area contributed by atoms with Crippen molar-refractivity contribution in [2.24, 2.45) is 0 Å². The molecule has 0 unspecified atom stereocenters. The van der Waals surface area contributed by atoms with Gasteiger partial charge < -0.3 is 15.4 Å². The van der Waals surface area contributed by atoms with Crippen LogP contribution in [0.15, 0.2) is 48.1 Å². The summed E-state index contributed by atoms with van der Waals surface area (Å²) in [5, 5.41) is 2.37. The molecule has 0 fully saturated rings. The monoisotopic (exact) mass is 420 g/mol. The van der Waals surface area contributed by atoms with Crippen LogP contribution in [-0.4, -0.2) is 51.4 Å². The van der Waals surface area contributed by atoms with Crippen molar-refractivity contribution in [2.75, 3.05) is 26.4 Å². The summed E-state index contributed by atoms with van der Waals surface area (Å²) in [6, 6.07) is 9.26. The Morgan fingerprint density at radius 3 is 2.77 bits per heavy atom. The number of carbonyl (C=O) groups is 1. The Hall–Kier alpha value is -3.59. The Balaban J connectivity index is 1.54.